The first-order valence-corrected chi connectivity index (χ1v) is 6.17. The molecule has 3 nitrogen and oxygen atoms in total. The van der Waals surface area contributed by atoms with E-state index >= 15 is 0 Å². The van der Waals surface area contributed by atoms with Gasteiger partial charge in [-0.25, -0.2) is 4.39 Å². The van der Waals surface area contributed by atoms with Crippen molar-refractivity contribution in [2.75, 3.05) is 5.73 Å². The average molecular weight is 267 g/mol. The molecule has 94 valence electrons. The molecule has 1 fully saturated rings. The second kappa shape index (κ2) is 3.72. The molecule has 0 amide bonds. The van der Waals surface area contributed by atoms with Gasteiger partial charge in [-0.15, -0.1) is 0 Å². The number of nitrogens with zero attached hydrogens (tertiary/aromatic N) is 1. The molecule has 0 aliphatic heterocycles. The monoisotopic (exact) mass is 266 g/mol. The number of nitrogen functional groups attached to an aromatic ring is 1. The number of aryl methyl sites for hydroxylation is 1. The number of anilines is 1. The lowest BCUT2D eigenvalue weighted by Crippen LogP contribution is -2.14. The molecule has 3 rings (SSSR count). The first kappa shape index (κ1) is 11.5. The van der Waals surface area contributed by atoms with E-state index in [0.29, 0.717) is 10.9 Å². The molecule has 5 heteroatoms. The molecule has 1 aromatic heterocycles. The smallest absolute Gasteiger partial charge is 0.192 e. The molecule has 1 aliphatic carbocycles. The van der Waals surface area contributed by atoms with Gasteiger partial charge in [0.2, 0.25) is 0 Å². The molecular weight excluding hydrogens is 255 g/mol. The van der Waals surface area contributed by atoms with Crippen LogP contribution in [0.4, 0.5) is 10.1 Å². The predicted octanol–water partition coefficient (Wildman–Crippen LogP) is 3.02. The van der Waals surface area contributed by atoms with E-state index in [4.69, 9.17) is 17.3 Å². The average Bonchev–Trinajstić information content (AvgIpc) is 3.15. The number of benzene rings is 1. The molecule has 1 aliphatic rings. The fourth-order valence-electron chi connectivity index (χ4n) is 2.23. The number of fused-ring (bicyclic) bond motifs is 1. The third kappa shape index (κ3) is 1.52. The quantitative estimate of drug-likeness (QED) is 0.807. The molecule has 0 atom stereocenters. The Morgan fingerprint density at radius 2 is 2.17 bits per heavy atom. The Labute approximate surface area is 108 Å². The van der Waals surface area contributed by atoms with Crippen LogP contribution in [-0.4, -0.2) is 4.57 Å². The van der Waals surface area contributed by atoms with E-state index in [1.807, 2.05) is 4.57 Å². The second-order valence-electron chi connectivity index (χ2n) is 4.76. The molecule has 0 saturated heterocycles. The van der Waals surface area contributed by atoms with Gasteiger partial charge in [0.1, 0.15) is 0 Å². The van der Waals surface area contributed by atoms with Crippen molar-refractivity contribution in [1.29, 1.82) is 0 Å². The molecule has 1 heterocycles. The van der Waals surface area contributed by atoms with Gasteiger partial charge < -0.3 is 10.3 Å². The summed E-state index contributed by atoms with van der Waals surface area (Å²) in [4.78, 5) is 12.1. The largest absolute Gasteiger partial charge is 0.395 e. The normalized spacial score (nSPS) is 15.3. The minimum Gasteiger partial charge on any atom is -0.395 e. The summed E-state index contributed by atoms with van der Waals surface area (Å²) in [6, 6.07) is 1.73. The summed E-state index contributed by atoms with van der Waals surface area (Å²) < 4.78 is 16.1. The summed E-state index contributed by atoms with van der Waals surface area (Å²) in [7, 11) is 0. The molecule has 0 unspecified atom stereocenters. The van der Waals surface area contributed by atoms with Crippen LogP contribution in [-0.2, 0) is 0 Å². The lowest BCUT2D eigenvalue weighted by Gasteiger charge is -2.13. The van der Waals surface area contributed by atoms with Crippen LogP contribution < -0.4 is 11.2 Å². The van der Waals surface area contributed by atoms with E-state index in [1.54, 1.807) is 13.1 Å². The molecule has 0 radical (unpaired) electrons. The fourth-order valence-corrected chi connectivity index (χ4v) is 2.43. The highest BCUT2D eigenvalue weighted by atomic mass is 35.5. The van der Waals surface area contributed by atoms with Gasteiger partial charge in [0.15, 0.2) is 11.2 Å². The van der Waals surface area contributed by atoms with E-state index in [2.05, 4.69) is 0 Å². The molecule has 0 bridgehead atoms. The van der Waals surface area contributed by atoms with Crippen LogP contribution in [0, 0.1) is 12.7 Å². The Morgan fingerprint density at radius 1 is 1.50 bits per heavy atom. The first-order chi connectivity index (χ1) is 8.50. The Morgan fingerprint density at radius 3 is 2.78 bits per heavy atom. The van der Waals surface area contributed by atoms with Crippen molar-refractivity contribution < 1.29 is 4.39 Å². The van der Waals surface area contributed by atoms with Crippen LogP contribution in [0.2, 0.25) is 5.02 Å². The van der Waals surface area contributed by atoms with E-state index in [0.717, 1.165) is 12.8 Å². The van der Waals surface area contributed by atoms with Crippen molar-refractivity contribution in [3.05, 3.63) is 38.9 Å². The maximum Gasteiger partial charge on any atom is 0.192 e. The standard InChI is InChI=1S/C13H12ClFN2O/c1-6-5-17(7-2-3-7)12-8(13(6)18)4-9(14)11(16)10(12)15/h4-5,7H,2-3,16H2,1H3. The number of rotatable bonds is 1. The maximum atomic E-state index is 14.3. The van der Waals surface area contributed by atoms with E-state index in [-0.39, 0.29) is 27.7 Å². The highest BCUT2D eigenvalue weighted by Gasteiger charge is 2.27. The lowest BCUT2D eigenvalue weighted by molar-refractivity contribution is 0.626. The molecule has 0 spiro atoms. The second-order valence-corrected chi connectivity index (χ2v) is 5.17. The van der Waals surface area contributed by atoms with Crippen LogP contribution in [0.1, 0.15) is 24.4 Å². The number of hydrogen-bond acceptors (Lipinski definition) is 2. The maximum absolute atomic E-state index is 14.3. The van der Waals surface area contributed by atoms with Gasteiger partial charge in [0.25, 0.3) is 0 Å². The number of pyridine rings is 1. The minimum absolute atomic E-state index is 0.0880. The highest BCUT2D eigenvalue weighted by Crippen LogP contribution is 2.39. The Kier molecular flexibility index (Phi) is 2.38. The summed E-state index contributed by atoms with van der Waals surface area (Å²) in [5.41, 5.74) is 6.18. The fraction of sp³-hybridized carbons (Fsp3) is 0.308. The number of nitrogens with two attached hydrogens (primary N) is 1. The van der Waals surface area contributed by atoms with Crippen LogP contribution in [0.3, 0.4) is 0 Å². The van der Waals surface area contributed by atoms with Gasteiger partial charge in [0.05, 0.1) is 21.6 Å². The van der Waals surface area contributed by atoms with E-state index in [9.17, 15) is 9.18 Å². The van der Waals surface area contributed by atoms with Crippen molar-refractivity contribution in [2.24, 2.45) is 0 Å². The topological polar surface area (TPSA) is 48.0 Å². The SMILES string of the molecule is Cc1cn(C2CC2)c2c(F)c(N)c(Cl)cc2c1=O. The first-order valence-electron chi connectivity index (χ1n) is 5.79. The number of hydrogen-bond donors (Lipinski definition) is 1. The summed E-state index contributed by atoms with van der Waals surface area (Å²) in [6.45, 7) is 1.73. The Balaban J connectivity index is 2.53. The number of aromatic nitrogens is 1. The van der Waals surface area contributed by atoms with Crippen molar-refractivity contribution >= 4 is 28.2 Å². The predicted molar refractivity (Wildman–Crippen MR) is 70.6 cm³/mol. The van der Waals surface area contributed by atoms with E-state index in [1.165, 1.54) is 6.07 Å². The molecule has 18 heavy (non-hydrogen) atoms. The Hall–Kier alpha value is -1.55. The van der Waals surface area contributed by atoms with Gasteiger partial charge in [-0.2, -0.15) is 0 Å². The molecule has 2 aromatic rings. The van der Waals surface area contributed by atoms with Gasteiger partial charge >= 0.3 is 0 Å². The third-order valence-electron chi connectivity index (χ3n) is 3.36. The van der Waals surface area contributed by atoms with Gasteiger partial charge in [-0.1, -0.05) is 11.6 Å². The summed E-state index contributed by atoms with van der Waals surface area (Å²) in [6.07, 6.45) is 3.71. The third-order valence-corrected chi connectivity index (χ3v) is 3.67. The van der Waals surface area contributed by atoms with Crippen LogP contribution in [0.25, 0.3) is 10.9 Å². The molecular formula is C13H12ClFN2O. The van der Waals surface area contributed by atoms with E-state index < -0.39 is 5.82 Å². The number of halogens is 2. The van der Waals surface area contributed by atoms with Crippen molar-refractivity contribution in [3.63, 3.8) is 0 Å². The minimum atomic E-state index is -0.596. The lowest BCUT2D eigenvalue weighted by atomic mass is 10.1. The summed E-state index contributed by atoms with van der Waals surface area (Å²) >= 11 is 5.85. The van der Waals surface area contributed by atoms with Gasteiger partial charge in [-0.3, -0.25) is 4.79 Å². The zero-order valence-electron chi connectivity index (χ0n) is 9.84. The summed E-state index contributed by atoms with van der Waals surface area (Å²) in [5.74, 6) is -0.596. The van der Waals surface area contributed by atoms with Crippen molar-refractivity contribution in [2.45, 2.75) is 25.8 Å². The van der Waals surface area contributed by atoms with Gasteiger partial charge in [0, 0.05) is 17.8 Å². The highest BCUT2D eigenvalue weighted by molar-refractivity contribution is 6.34. The molecule has 1 saturated carbocycles. The zero-order valence-corrected chi connectivity index (χ0v) is 10.6. The van der Waals surface area contributed by atoms with Crippen LogP contribution in [0.15, 0.2) is 17.1 Å². The molecule has 2 N–H and O–H groups in total. The zero-order chi connectivity index (χ0) is 13.0. The Bertz CT molecular complexity index is 719. The van der Waals surface area contributed by atoms with Crippen molar-refractivity contribution in [1.82, 2.24) is 4.57 Å². The van der Waals surface area contributed by atoms with Crippen LogP contribution in [0.5, 0.6) is 0 Å². The summed E-state index contributed by atoms with van der Waals surface area (Å²) in [5, 5.41) is 0.392. The van der Waals surface area contributed by atoms with Crippen LogP contribution >= 0.6 is 11.6 Å². The molecule has 1 aromatic carbocycles. The van der Waals surface area contributed by atoms with Gasteiger partial charge in [-0.05, 0) is 25.8 Å². The van der Waals surface area contributed by atoms with Crippen molar-refractivity contribution in [3.8, 4) is 0 Å².